The first-order valence-electron chi connectivity index (χ1n) is 11.5. The minimum Gasteiger partial charge on any atom is -0.490 e. The van der Waals surface area contributed by atoms with Gasteiger partial charge >= 0.3 is 0 Å². The van der Waals surface area contributed by atoms with Gasteiger partial charge in [-0.2, -0.15) is 0 Å². The molecule has 0 aromatic heterocycles. The van der Waals surface area contributed by atoms with Crippen LogP contribution in [0.5, 0.6) is 11.5 Å². The summed E-state index contributed by atoms with van der Waals surface area (Å²) in [6, 6.07) is 8.40. The number of hydrogen-bond acceptors (Lipinski definition) is 4. The third-order valence-corrected chi connectivity index (χ3v) is 6.76. The molecule has 0 unspecified atom stereocenters. The van der Waals surface area contributed by atoms with Crippen LogP contribution in [-0.4, -0.2) is 29.4 Å². The first kappa shape index (κ1) is 21.0. The van der Waals surface area contributed by atoms with Gasteiger partial charge in [0.15, 0.2) is 11.5 Å². The van der Waals surface area contributed by atoms with Gasteiger partial charge < -0.3 is 14.8 Å². The molecule has 1 amide bonds. The minimum atomic E-state index is -0.523. The quantitative estimate of drug-likeness (QED) is 0.725. The molecule has 0 saturated heterocycles. The molecule has 5 rings (SSSR count). The van der Waals surface area contributed by atoms with Crippen LogP contribution in [0.2, 0.25) is 0 Å². The molecule has 2 aromatic rings. The third-order valence-electron chi connectivity index (χ3n) is 6.76. The van der Waals surface area contributed by atoms with Gasteiger partial charge in [0.25, 0.3) is 0 Å². The van der Waals surface area contributed by atoms with Crippen molar-refractivity contribution in [1.82, 2.24) is 0 Å². The fraction of sp³-hybridized carbons (Fsp3) is 0.481. The summed E-state index contributed by atoms with van der Waals surface area (Å²) in [5.74, 6) is 1.71. The molecule has 32 heavy (non-hydrogen) atoms. The van der Waals surface area contributed by atoms with Crippen molar-refractivity contribution in [1.29, 1.82) is 0 Å². The second kappa shape index (κ2) is 6.60. The Morgan fingerprint density at radius 2 is 1.84 bits per heavy atom. The van der Waals surface area contributed by atoms with Gasteiger partial charge in [-0.3, -0.25) is 9.79 Å². The number of nitrogens with one attached hydrogen (secondary N) is 1. The molecule has 0 fully saturated rings. The molecule has 0 radical (unpaired) electrons. The largest absolute Gasteiger partial charge is 0.490 e. The molecule has 0 spiro atoms. The maximum Gasteiger partial charge on any atom is 0.234 e. The normalized spacial score (nSPS) is 21.1. The van der Waals surface area contributed by atoms with Crippen LogP contribution in [0.4, 0.5) is 5.69 Å². The Bertz CT molecular complexity index is 1190. The number of benzene rings is 2. The molecule has 5 nitrogen and oxygen atoms in total. The molecule has 2 aromatic carbocycles. The predicted molar refractivity (Wildman–Crippen MR) is 128 cm³/mol. The van der Waals surface area contributed by atoms with Crippen molar-refractivity contribution in [2.75, 3.05) is 11.9 Å². The summed E-state index contributed by atoms with van der Waals surface area (Å²) in [5, 5.41) is 3.06. The van der Waals surface area contributed by atoms with Crippen LogP contribution in [0.1, 0.15) is 76.3 Å². The summed E-state index contributed by atoms with van der Waals surface area (Å²) >= 11 is 0. The molecule has 3 aliphatic rings. The zero-order valence-corrected chi connectivity index (χ0v) is 20.1. The molecular weight excluding hydrogens is 400 g/mol. The fourth-order valence-corrected chi connectivity index (χ4v) is 5.28. The van der Waals surface area contributed by atoms with E-state index in [1.54, 1.807) is 0 Å². The van der Waals surface area contributed by atoms with E-state index >= 15 is 0 Å². The lowest BCUT2D eigenvalue weighted by Crippen LogP contribution is -2.30. The summed E-state index contributed by atoms with van der Waals surface area (Å²) in [6.07, 6.45) is 1.65. The van der Waals surface area contributed by atoms with Crippen molar-refractivity contribution >= 4 is 17.3 Å². The van der Waals surface area contributed by atoms with Gasteiger partial charge in [-0.05, 0) is 78.1 Å². The van der Waals surface area contributed by atoms with E-state index in [0.717, 1.165) is 52.4 Å². The number of ether oxygens (including phenoxy) is 2. The Morgan fingerprint density at radius 1 is 1.09 bits per heavy atom. The zero-order chi connectivity index (χ0) is 23.1. The number of anilines is 1. The monoisotopic (exact) mass is 432 g/mol. The van der Waals surface area contributed by atoms with Crippen LogP contribution >= 0.6 is 0 Å². The van der Waals surface area contributed by atoms with Gasteiger partial charge in [-0.1, -0.05) is 12.1 Å². The highest BCUT2D eigenvalue weighted by Crippen LogP contribution is 2.48. The summed E-state index contributed by atoms with van der Waals surface area (Å²) in [5.41, 5.74) is 6.43. The van der Waals surface area contributed by atoms with E-state index in [2.05, 4.69) is 57.3 Å². The molecule has 0 bridgehead atoms. The molecule has 3 aliphatic heterocycles. The number of aliphatic imine (C=N–C) groups is 1. The maximum atomic E-state index is 12.5. The number of amides is 1. The molecule has 1 N–H and O–H groups in total. The van der Waals surface area contributed by atoms with E-state index < -0.39 is 5.41 Å². The van der Waals surface area contributed by atoms with E-state index in [-0.39, 0.29) is 17.0 Å². The lowest BCUT2D eigenvalue weighted by molar-refractivity contribution is -0.119. The molecule has 168 valence electrons. The molecule has 0 atom stereocenters. The van der Waals surface area contributed by atoms with Crippen LogP contribution in [0, 0.1) is 0 Å². The van der Waals surface area contributed by atoms with Crippen LogP contribution < -0.4 is 14.8 Å². The number of hydrogen-bond donors (Lipinski definition) is 1. The van der Waals surface area contributed by atoms with Gasteiger partial charge in [0.2, 0.25) is 5.91 Å². The lowest BCUT2D eigenvalue weighted by Gasteiger charge is -2.31. The molecule has 0 saturated carbocycles. The molecular formula is C27H32N2O3. The van der Waals surface area contributed by atoms with Crippen molar-refractivity contribution in [2.24, 2.45) is 4.99 Å². The first-order valence-corrected chi connectivity index (χ1v) is 11.5. The number of carbonyl (C=O) groups excluding carboxylic acids is 1. The maximum absolute atomic E-state index is 12.5. The Balaban J connectivity index is 1.71. The van der Waals surface area contributed by atoms with Crippen LogP contribution in [0.25, 0.3) is 0 Å². The van der Waals surface area contributed by atoms with Crippen molar-refractivity contribution in [3.8, 4) is 11.5 Å². The van der Waals surface area contributed by atoms with Crippen LogP contribution in [0.3, 0.4) is 0 Å². The second-order valence-electron chi connectivity index (χ2n) is 11.0. The van der Waals surface area contributed by atoms with Crippen molar-refractivity contribution in [3.05, 3.63) is 52.1 Å². The predicted octanol–water partition coefficient (Wildman–Crippen LogP) is 5.20. The topological polar surface area (TPSA) is 59.9 Å². The summed E-state index contributed by atoms with van der Waals surface area (Å²) < 4.78 is 12.4. The van der Waals surface area contributed by atoms with Gasteiger partial charge in [-0.15, -0.1) is 0 Å². The Hall–Kier alpha value is -2.82. The Labute approximate surface area is 190 Å². The molecule has 5 heteroatoms. The number of carbonyl (C=O) groups is 1. The Kier molecular flexibility index (Phi) is 4.34. The average Bonchev–Trinajstić information content (AvgIpc) is 3.12. The van der Waals surface area contributed by atoms with E-state index in [1.807, 2.05) is 20.8 Å². The van der Waals surface area contributed by atoms with Crippen LogP contribution in [-0.2, 0) is 23.1 Å². The van der Waals surface area contributed by atoms with E-state index in [0.29, 0.717) is 6.61 Å². The SMILES string of the molecule is CCOc1cc2c(c3c1OC(C)(C)C3)C(c1ccc3c(c1)NC(=O)C3(C)C)=NC(C)(C)C2. The van der Waals surface area contributed by atoms with Gasteiger partial charge in [0.1, 0.15) is 5.60 Å². The number of nitrogens with zero attached hydrogens (tertiary/aromatic N) is 1. The lowest BCUT2D eigenvalue weighted by atomic mass is 9.80. The minimum absolute atomic E-state index is 0.0355. The zero-order valence-electron chi connectivity index (χ0n) is 20.1. The van der Waals surface area contributed by atoms with E-state index in [4.69, 9.17) is 14.5 Å². The highest BCUT2D eigenvalue weighted by Gasteiger charge is 2.41. The van der Waals surface area contributed by atoms with Gasteiger partial charge in [0, 0.05) is 28.8 Å². The van der Waals surface area contributed by atoms with Crippen molar-refractivity contribution in [3.63, 3.8) is 0 Å². The molecule has 3 heterocycles. The van der Waals surface area contributed by atoms with Gasteiger partial charge in [0.05, 0.1) is 23.3 Å². The molecule has 0 aliphatic carbocycles. The highest BCUT2D eigenvalue weighted by molar-refractivity contribution is 6.17. The Morgan fingerprint density at radius 3 is 2.56 bits per heavy atom. The average molecular weight is 433 g/mol. The van der Waals surface area contributed by atoms with Crippen molar-refractivity contribution < 1.29 is 14.3 Å². The standard InChI is InChI=1S/C27H32N2O3/c1-8-31-20-12-16-13-25(2,3)29-22(21(16)17-14-26(4,5)32-23(17)20)15-9-10-18-19(11-15)28-24(30)27(18,6)7/h9-12H,8,13-14H2,1-7H3,(H,28,30). The number of fused-ring (bicyclic) bond motifs is 4. The summed E-state index contributed by atoms with van der Waals surface area (Å²) in [7, 11) is 0. The second-order valence-corrected chi connectivity index (χ2v) is 11.0. The summed E-state index contributed by atoms with van der Waals surface area (Å²) in [6.45, 7) is 15.1. The van der Waals surface area contributed by atoms with Gasteiger partial charge in [-0.25, -0.2) is 0 Å². The number of rotatable bonds is 3. The summed E-state index contributed by atoms with van der Waals surface area (Å²) in [4.78, 5) is 17.7. The van der Waals surface area contributed by atoms with E-state index in [9.17, 15) is 4.79 Å². The smallest absolute Gasteiger partial charge is 0.234 e. The fourth-order valence-electron chi connectivity index (χ4n) is 5.28. The third kappa shape index (κ3) is 3.13. The first-order chi connectivity index (χ1) is 14.9. The van der Waals surface area contributed by atoms with Crippen molar-refractivity contribution in [2.45, 2.75) is 77.9 Å². The van der Waals surface area contributed by atoms with Crippen LogP contribution in [0.15, 0.2) is 29.3 Å². The highest BCUT2D eigenvalue weighted by atomic mass is 16.5. The van der Waals surface area contributed by atoms with E-state index in [1.165, 1.54) is 11.1 Å².